The van der Waals surface area contributed by atoms with E-state index in [1.807, 2.05) is 0 Å². The first kappa shape index (κ1) is 49.3. The molecule has 0 saturated heterocycles. The number of nitrogens with zero attached hydrogens (tertiary/aromatic N) is 2. The van der Waals surface area contributed by atoms with Gasteiger partial charge >= 0.3 is 0 Å². The van der Waals surface area contributed by atoms with Gasteiger partial charge in [-0.05, 0) is 64.2 Å². The van der Waals surface area contributed by atoms with Crippen molar-refractivity contribution in [1.29, 1.82) is 0 Å². The molecule has 0 heterocycles. The van der Waals surface area contributed by atoms with Crippen LogP contribution < -0.4 is 0 Å². The standard InChI is InChI=1S/C46H94N2O2/c1-9-11-13-15-17-19-21-23-25-27-29-31-33-35-37-39-41-49-45(43-47(3,4)5)46(44-48(6,7)8)50-42-40-38-36-34-32-30-28-26-24-22-20-18-16-14-12-10-2/h23-26,45-46H,9-22,27-44H2,1-8H3/q+2/b25-23-,26-24-. The lowest BCUT2D eigenvalue weighted by Crippen LogP contribution is -2.53. The van der Waals surface area contributed by atoms with Crippen LogP contribution in [0.15, 0.2) is 24.3 Å². The molecule has 298 valence electrons. The van der Waals surface area contributed by atoms with E-state index in [-0.39, 0.29) is 12.2 Å². The van der Waals surface area contributed by atoms with E-state index in [0.717, 1.165) is 48.1 Å². The number of hydrogen-bond acceptors (Lipinski definition) is 2. The molecular weight excluding hydrogens is 613 g/mol. The Morgan fingerprint density at radius 3 is 0.840 bits per heavy atom. The number of likely N-dealkylation sites (N-methyl/N-ethyl adjacent to an activating group) is 2. The van der Waals surface area contributed by atoms with E-state index in [4.69, 9.17) is 9.47 Å². The van der Waals surface area contributed by atoms with Gasteiger partial charge in [0.2, 0.25) is 0 Å². The number of ether oxygens (including phenoxy) is 2. The van der Waals surface area contributed by atoms with E-state index in [9.17, 15) is 0 Å². The van der Waals surface area contributed by atoms with Crippen LogP contribution in [0.3, 0.4) is 0 Å². The summed E-state index contributed by atoms with van der Waals surface area (Å²) in [6.07, 6.45) is 47.5. The molecule has 0 aliphatic rings. The summed E-state index contributed by atoms with van der Waals surface area (Å²) in [4.78, 5) is 0. The highest BCUT2D eigenvalue weighted by molar-refractivity contribution is 4.82. The van der Waals surface area contributed by atoms with Crippen LogP contribution in [0.2, 0.25) is 0 Å². The summed E-state index contributed by atoms with van der Waals surface area (Å²) >= 11 is 0. The third kappa shape index (κ3) is 38.5. The zero-order chi connectivity index (χ0) is 37.0. The van der Waals surface area contributed by atoms with Crippen LogP contribution >= 0.6 is 0 Å². The third-order valence-corrected chi connectivity index (χ3v) is 9.85. The summed E-state index contributed by atoms with van der Waals surface area (Å²) in [6, 6.07) is 0. The molecule has 0 radical (unpaired) electrons. The van der Waals surface area contributed by atoms with Gasteiger partial charge in [0.1, 0.15) is 25.3 Å². The Morgan fingerprint density at radius 1 is 0.340 bits per heavy atom. The zero-order valence-corrected chi connectivity index (χ0v) is 35.8. The van der Waals surface area contributed by atoms with Gasteiger partial charge in [-0.2, -0.15) is 0 Å². The van der Waals surface area contributed by atoms with Gasteiger partial charge in [-0.15, -0.1) is 0 Å². The fourth-order valence-electron chi connectivity index (χ4n) is 6.80. The summed E-state index contributed by atoms with van der Waals surface area (Å²) in [5.41, 5.74) is 0. The summed E-state index contributed by atoms with van der Waals surface area (Å²) in [7, 11) is 13.7. The van der Waals surface area contributed by atoms with E-state index < -0.39 is 0 Å². The van der Waals surface area contributed by atoms with Gasteiger partial charge in [0.15, 0.2) is 0 Å². The SMILES string of the molecule is CCCCCCCC/C=C\CCCCCCCCOC(C[N+](C)(C)C)C(C[N+](C)(C)C)OCCCCCCCC/C=C\CCCCCCCC. The van der Waals surface area contributed by atoms with Crippen molar-refractivity contribution in [3.05, 3.63) is 24.3 Å². The Morgan fingerprint density at radius 2 is 0.580 bits per heavy atom. The van der Waals surface area contributed by atoms with E-state index in [2.05, 4.69) is 80.4 Å². The molecule has 0 fully saturated rings. The largest absolute Gasteiger partial charge is 0.369 e. The van der Waals surface area contributed by atoms with Gasteiger partial charge in [-0.3, -0.25) is 0 Å². The van der Waals surface area contributed by atoms with Crippen LogP contribution in [-0.4, -0.2) is 89.8 Å². The van der Waals surface area contributed by atoms with Crippen molar-refractivity contribution in [2.24, 2.45) is 0 Å². The van der Waals surface area contributed by atoms with Crippen molar-refractivity contribution in [2.45, 2.75) is 206 Å². The topological polar surface area (TPSA) is 18.5 Å². The first-order chi connectivity index (χ1) is 24.1. The van der Waals surface area contributed by atoms with Crippen molar-refractivity contribution in [3.8, 4) is 0 Å². The maximum absolute atomic E-state index is 6.66. The molecular formula is C46H94N2O2+2. The number of rotatable bonds is 39. The molecule has 0 aromatic carbocycles. The third-order valence-electron chi connectivity index (χ3n) is 9.85. The highest BCUT2D eigenvalue weighted by Crippen LogP contribution is 2.16. The van der Waals surface area contributed by atoms with E-state index in [1.54, 1.807) is 0 Å². The molecule has 0 spiro atoms. The van der Waals surface area contributed by atoms with Gasteiger partial charge in [0.25, 0.3) is 0 Å². The molecule has 0 amide bonds. The average molecular weight is 707 g/mol. The lowest BCUT2D eigenvalue weighted by atomic mass is 10.1. The van der Waals surface area contributed by atoms with Crippen LogP contribution in [0.4, 0.5) is 0 Å². The monoisotopic (exact) mass is 707 g/mol. The van der Waals surface area contributed by atoms with Gasteiger partial charge in [-0.1, -0.05) is 154 Å². The first-order valence-corrected chi connectivity index (χ1v) is 22.2. The number of quaternary nitrogens is 2. The molecule has 2 unspecified atom stereocenters. The minimum absolute atomic E-state index is 0.143. The summed E-state index contributed by atoms with van der Waals surface area (Å²) in [6.45, 7) is 8.28. The molecule has 0 aliphatic heterocycles. The number of hydrogen-bond donors (Lipinski definition) is 0. The van der Waals surface area contributed by atoms with Gasteiger partial charge in [-0.25, -0.2) is 0 Å². The molecule has 0 rings (SSSR count). The summed E-state index contributed by atoms with van der Waals surface area (Å²) < 4.78 is 15.1. The van der Waals surface area contributed by atoms with Gasteiger partial charge in [0, 0.05) is 13.2 Å². The Bertz CT molecular complexity index is 673. The second-order valence-corrected chi connectivity index (χ2v) is 17.6. The number of allylic oxidation sites excluding steroid dienone is 4. The van der Waals surface area contributed by atoms with Crippen LogP contribution in [0.1, 0.15) is 194 Å². The summed E-state index contributed by atoms with van der Waals surface area (Å²) in [5, 5.41) is 0. The molecule has 0 aromatic rings. The van der Waals surface area contributed by atoms with Crippen molar-refractivity contribution in [2.75, 3.05) is 68.6 Å². The van der Waals surface area contributed by atoms with Crippen molar-refractivity contribution in [3.63, 3.8) is 0 Å². The van der Waals surface area contributed by atoms with Crippen molar-refractivity contribution >= 4 is 0 Å². The molecule has 0 aliphatic carbocycles. The summed E-state index contributed by atoms with van der Waals surface area (Å²) in [5.74, 6) is 0. The van der Waals surface area contributed by atoms with Crippen molar-refractivity contribution < 1.29 is 18.4 Å². The van der Waals surface area contributed by atoms with Gasteiger partial charge in [0.05, 0.1) is 42.3 Å². The Kier molecular flexibility index (Phi) is 34.9. The fraction of sp³-hybridized carbons (Fsp3) is 0.913. The average Bonchev–Trinajstić information content (AvgIpc) is 3.05. The lowest BCUT2D eigenvalue weighted by molar-refractivity contribution is -0.882. The first-order valence-electron chi connectivity index (χ1n) is 22.2. The lowest BCUT2D eigenvalue weighted by Gasteiger charge is -2.36. The van der Waals surface area contributed by atoms with Crippen molar-refractivity contribution in [1.82, 2.24) is 0 Å². The normalized spacial score (nSPS) is 14.0. The molecule has 0 N–H and O–H groups in total. The second-order valence-electron chi connectivity index (χ2n) is 17.6. The van der Waals surface area contributed by atoms with Crippen LogP contribution in [0.5, 0.6) is 0 Å². The van der Waals surface area contributed by atoms with E-state index in [0.29, 0.717) is 0 Å². The Labute approximate surface area is 316 Å². The minimum Gasteiger partial charge on any atom is -0.369 e. The maximum Gasteiger partial charge on any atom is 0.138 e. The van der Waals surface area contributed by atoms with Crippen LogP contribution in [0.25, 0.3) is 0 Å². The molecule has 0 aromatic heterocycles. The maximum atomic E-state index is 6.66. The predicted molar refractivity (Wildman–Crippen MR) is 224 cm³/mol. The smallest absolute Gasteiger partial charge is 0.138 e. The Hall–Kier alpha value is -0.680. The quantitative estimate of drug-likeness (QED) is 0.0360. The van der Waals surface area contributed by atoms with E-state index in [1.165, 1.54) is 167 Å². The minimum atomic E-state index is 0.143. The van der Waals surface area contributed by atoms with E-state index >= 15 is 0 Å². The predicted octanol–water partition coefficient (Wildman–Crippen LogP) is 13.2. The second kappa shape index (κ2) is 35.4. The molecule has 4 nitrogen and oxygen atoms in total. The zero-order valence-electron chi connectivity index (χ0n) is 35.8. The Balaban J connectivity index is 4.21. The molecule has 0 saturated carbocycles. The molecule has 4 heteroatoms. The van der Waals surface area contributed by atoms with Crippen LogP contribution in [-0.2, 0) is 9.47 Å². The highest BCUT2D eigenvalue weighted by Gasteiger charge is 2.32. The fourth-order valence-corrected chi connectivity index (χ4v) is 6.80. The van der Waals surface area contributed by atoms with Gasteiger partial charge < -0.3 is 18.4 Å². The molecule has 50 heavy (non-hydrogen) atoms. The highest BCUT2D eigenvalue weighted by atomic mass is 16.5. The number of unbranched alkanes of at least 4 members (excludes halogenated alkanes) is 24. The van der Waals surface area contributed by atoms with Crippen LogP contribution in [0, 0.1) is 0 Å². The molecule has 2 atom stereocenters. The molecule has 0 bridgehead atoms.